The number of anilines is 2. The van der Waals surface area contributed by atoms with Crippen LogP contribution in [0.1, 0.15) is 38.7 Å². The van der Waals surface area contributed by atoms with E-state index in [1.165, 1.54) is 16.9 Å². The third-order valence-electron chi connectivity index (χ3n) is 4.72. The lowest BCUT2D eigenvalue weighted by atomic mass is 9.85. The summed E-state index contributed by atoms with van der Waals surface area (Å²) < 4.78 is 5.23. The SMILES string of the molecule is CCOC(=O)C[C@@H]1c2ccccc2N(c2ccccc2)[C@H]1C(C)C. The zero-order chi connectivity index (χ0) is 17.1. The number of rotatable bonds is 5. The summed E-state index contributed by atoms with van der Waals surface area (Å²) >= 11 is 0. The van der Waals surface area contributed by atoms with Crippen molar-refractivity contribution < 1.29 is 9.53 Å². The molecule has 1 aliphatic heterocycles. The van der Waals surface area contributed by atoms with Crippen molar-refractivity contribution in [2.75, 3.05) is 11.5 Å². The van der Waals surface area contributed by atoms with Crippen molar-refractivity contribution in [2.24, 2.45) is 5.92 Å². The van der Waals surface area contributed by atoms with Crippen LogP contribution in [-0.4, -0.2) is 18.6 Å². The van der Waals surface area contributed by atoms with E-state index in [1.54, 1.807) is 0 Å². The fourth-order valence-corrected chi connectivity index (χ4v) is 3.84. The van der Waals surface area contributed by atoms with E-state index >= 15 is 0 Å². The molecule has 1 heterocycles. The van der Waals surface area contributed by atoms with E-state index in [4.69, 9.17) is 4.74 Å². The van der Waals surface area contributed by atoms with Crippen LogP contribution in [0, 0.1) is 5.92 Å². The minimum atomic E-state index is -0.113. The lowest BCUT2D eigenvalue weighted by molar-refractivity contribution is -0.143. The first-order chi connectivity index (χ1) is 11.6. The first-order valence-electron chi connectivity index (χ1n) is 8.72. The Kier molecular flexibility index (Phi) is 4.89. The van der Waals surface area contributed by atoms with Crippen molar-refractivity contribution in [3.05, 3.63) is 60.2 Å². The van der Waals surface area contributed by atoms with E-state index in [9.17, 15) is 4.79 Å². The van der Waals surface area contributed by atoms with Crippen LogP contribution in [0.15, 0.2) is 54.6 Å². The molecule has 0 spiro atoms. The molecule has 0 unspecified atom stereocenters. The highest BCUT2D eigenvalue weighted by Crippen LogP contribution is 2.48. The first kappa shape index (κ1) is 16.6. The maximum Gasteiger partial charge on any atom is 0.306 e. The van der Waals surface area contributed by atoms with E-state index in [-0.39, 0.29) is 17.9 Å². The minimum Gasteiger partial charge on any atom is -0.466 e. The van der Waals surface area contributed by atoms with E-state index in [0.29, 0.717) is 18.9 Å². The molecule has 0 aliphatic carbocycles. The van der Waals surface area contributed by atoms with Gasteiger partial charge in [0.1, 0.15) is 0 Å². The van der Waals surface area contributed by atoms with Crippen molar-refractivity contribution >= 4 is 17.3 Å². The van der Waals surface area contributed by atoms with Crippen LogP contribution in [0.4, 0.5) is 11.4 Å². The predicted molar refractivity (Wildman–Crippen MR) is 97.6 cm³/mol. The molecule has 0 amide bonds. The van der Waals surface area contributed by atoms with Gasteiger partial charge in [-0.15, -0.1) is 0 Å². The predicted octanol–water partition coefficient (Wildman–Crippen LogP) is 4.90. The number of carbonyl (C=O) groups is 1. The second kappa shape index (κ2) is 7.08. The van der Waals surface area contributed by atoms with Crippen molar-refractivity contribution in [2.45, 2.75) is 39.2 Å². The standard InChI is InChI=1S/C21H25NO2/c1-4-24-20(23)14-18-17-12-8-9-13-19(17)22(21(18)15(2)3)16-10-6-5-7-11-16/h5-13,15,18,21H,4,14H2,1-3H3/t18-,21+/m1/s1. The van der Waals surface area contributed by atoms with Gasteiger partial charge in [-0.05, 0) is 36.6 Å². The number of ether oxygens (including phenoxy) is 1. The van der Waals surface area contributed by atoms with Crippen LogP contribution in [0.5, 0.6) is 0 Å². The van der Waals surface area contributed by atoms with Crippen LogP contribution >= 0.6 is 0 Å². The van der Waals surface area contributed by atoms with Gasteiger partial charge in [0.15, 0.2) is 0 Å². The summed E-state index contributed by atoms with van der Waals surface area (Å²) in [6, 6.07) is 19.1. The number of carbonyl (C=O) groups excluding carboxylic acids is 1. The number of esters is 1. The number of fused-ring (bicyclic) bond motifs is 1. The molecule has 2 aromatic carbocycles. The molecule has 0 bridgehead atoms. The van der Waals surface area contributed by atoms with Crippen LogP contribution in [0.25, 0.3) is 0 Å². The van der Waals surface area contributed by atoms with Crippen molar-refractivity contribution in [1.29, 1.82) is 0 Å². The summed E-state index contributed by atoms with van der Waals surface area (Å²) in [4.78, 5) is 14.6. The lowest BCUT2D eigenvalue weighted by Gasteiger charge is -2.33. The Morgan fingerprint density at radius 2 is 1.75 bits per heavy atom. The Hall–Kier alpha value is -2.29. The Morgan fingerprint density at radius 3 is 2.42 bits per heavy atom. The second-order valence-corrected chi connectivity index (χ2v) is 6.61. The molecule has 3 heteroatoms. The van der Waals surface area contributed by atoms with Crippen molar-refractivity contribution in [1.82, 2.24) is 0 Å². The summed E-state index contributed by atoms with van der Waals surface area (Å²) in [5.41, 5.74) is 3.62. The third-order valence-corrected chi connectivity index (χ3v) is 4.72. The fourth-order valence-electron chi connectivity index (χ4n) is 3.84. The molecule has 0 N–H and O–H groups in total. The molecule has 3 nitrogen and oxygen atoms in total. The van der Waals surface area contributed by atoms with Crippen LogP contribution in [-0.2, 0) is 9.53 Å². The molecule has 0 saturated heterocycles. The van der Waals surface area contributed by atoms with E-state index in [2.05, 4.69) is 67.3 Å². The molecule has 2 aromatic rings. The maximum atomic E-state index is 12.2. The van der Waals surface area contributed by atoms with E-state index in [0.717, 1.165) is 0 Å². The van der Waals surface area contributed by atoms with Gasteiger partial charge in [-0.25, -0.2) is 0 Å². The molecular weight excluding hydrogens is 298 g/mol. The van der Waals surface area contributed by atoms with Gasteiger partial charge in [0.05, 0.1) is 13.0 Å². The normalized spacial score (nSPS) is 19.4. The summed E-state index contributed by atoms with van der Waals surface area (Å²) in [5.74, 6) is 0.454. The quantitative estimate of drug-likeness (QED) is 0.733. The van der Waals surface area contributed by atoms with Crippen LogP contribution < -0.4 is 4.90 Å². The summed E-state index contributed by atoms with van der Waals surface area (Å²) in [5, 5.41) is 0. The molecule has 126 valence electrons. The molecular formula is C21H25NO2. The van der Waals surface area contributed by atoms with Gasteiger partial charge in [0, 0.05) is 23.3 Å². The Morgan fingerprint density at radius 1 is 1.08 bits per heavy atom. The average Bonchev–Trinajstić information content (AvgIpc) is 2.90. The zero-order valence-corrected chi connectivity index (χ0v) is 14.6. The van der Waals surface area contributed by atoms with Gasteiger partial charge in [-0.3, -0.25) is 4.79 Å². The van der Waals surface area contributed by atoms with Gasteiger partial charge in [-0.2, -0.15) is 0 Å². The monoisotopic (exact) mass is 323 g/mol. The smallest absolute Gasteiger partial charge is 0.306 e. The molecule has 2 atom stereocenters. The highest BCUT2D eigenvalue weighted by Gasteiger charge is 2.41. The molecule has 3 rings (SSSR count). The number of benzene rings is 2. The van der Waals surface area contributed by atoms with Gasteiger partial charge in [-0.1, -0.05) is 50.2 Å². The Labute approximate surface area is 144 Å². The summed E-state index contributed by atoms with van der Waals surface area (Å²) in [6.45, 7) is 6.74. The highest BCUT2D eigenvalue weighted by molar-refractivity contribution is 5.77. The largest absolute Gasteiger partial charge is 0.466 e. The Bertz CT molecular complexity index is 696. The topological polar surface area (TPSA) is 29.5 Å². The van der Waals surface area contributed by atoms with Crippen LogP contribution in [0.3, 0.4) is 0 Å². The molecule has 0 fully saturated rings. The highest BCUT2D eigenvalue weighted by atomic mass is 16.5. The number of hydrogen-bond acceptors (Lipinski definition) is 3. The third kappa shape index (κ3) is 3.03. The minimum absolute atomic E-state index is 0.113. The number of hydrogen-bond donors (Lipinski definition) is 0. The average molecular weight is 323 g/mol. The maximum absolute atomic E-state index is 12.2. The summed E-state index contributed by atoms with van der Waals surface area (Å²) in [6.07, 6.45) is 0.428. The van der Waals surface area contributed by atoms with Gasteiger partial charge >= 0.3 is 5.97 Å². The van der Waals surface area contributed by atoms with Gasteiger partial charge in [0.25, 0.3) is 0 Å². The van der Waals surface area contributed by atoms with Crippen molar-refractivity contribution in [3.63, 3.8) is 0 Å². The van der Waals surface area contributed by atoms with Crippen molar-refractivity contribution in [3.8, 4) is 0 Å². The molecule has 0 aromatic heterocycles. The summed E-state index contributed by atoms with van der Waals surface area (Å²) in [7, 11) is 0. The van der Waals surface area contributed by atoms with Gasteiger partial charge in [0.2, 0.25) is 0 Å². The lowest BCUT2D eigenvalue weighted by Crippen LogP contribution is -2.36. The second-order valence-electron chi connectivity index (χ2n) is 6.61. The molecule has 1 aliphatic rings. The van der Waals surface area contributed by atoms with Crippen LogP contribution in [0.2, 0.25) is 0 Å². The fraction of sp³-hybridized carbons (Fsp3) is 0.381. The molecule has 0 radical (unpaired) electrons. The molecule has 24 heavy (non-hydrogen) atoms. The first-order valence-corrected chi connectivity index (χ1v) is 8.72. The van der Waals surface area contributed by atoms with E-state index in [1.807, 2.05) is 13.0 Å². The molecule has 0 saturated carbocycles. The van der Waals surface area contributed by atoms with Gasteiger partial charge < -0.3 is 9.64 Å². The Balaban J connectivity index is 2.04. The number of para-hydroxylation sites is 2. The van der Waals surface area contributed by atoms with E-state index < -0.39 is 0 Å². The zero-order valence-electron chi connectivity index (χ0n) is 14.6. The number of nitrogens with zero attached hydrogens (tertiary/aromatic N) is 1.